The van der Waals surface area contributed by atoms with Crippen molar-refractivity contribution in [1.29, 1.82) is 0 Å². The molecule has 2 rings (SSSR count). The van der Waals surface area contributed by atoms with E-state index in [9.17, 15) is 9.18 Å². The molecule has 0 heterocycles. The van der Waals surface area contributed by atoms with E-state index in [2.05, 4.69) is 21.2 Å². The molecule has 0 saturated heterocycles. The Kier molecular flexibility index (Phi) is 4.39. The number of nitrogens with one attached hydrogen (secondary N) is 1. The van der Waals surface area contributed by atoms with Gasteiger partial charge in [-0.3, -0.25) is 4.79 Å². The van der Waals surface area contributed by atoms with Crippen LogP contribution in [0, 0.1) is 12.7 Å². The fourth-order valence-electron chi connectivity index (χ4n) is 1.84. The zero-order valence-corrected chi connectivity index (χ0v) is 12.5. The molecule has 2 aromatic carbocycles. The van der Waals surface area contributed by atoms with Crippen molar-refractivity contribution < 1.29 is 9.18 Å². The van der Waals surface area contributed by atoms with Crippen molar-refractivity contribution in [1.82, 2.24) is 5.32 Å². The van der Waals surface area contributed by atoms with E-state index >= 15 is 0 Å². The normalized spacial score (nSPS) is 10.3. The van der Waals surface area contributed by atoms with E-state index in [0.29, 0.717) is 12.2 Å². The van der Waals surface area contributed by atoms with Gasteiger partial charge in [0.2, 0.25) is 0 Å². The van der Waals surface area contributed by atoms with Gasteiger partial charge in [-0.2, -0.15) is 0 Å². The van der Waals surface area contributed by atoms with Crippen LogP contribution in [0.2, 0.25) is 0 Å². The predicted molar refractivity (Wildman–Crippen MR) is 80.9 cm³/mol. The number of amides is 1. The fraction of sp³-hybridized carbons (Fsp3) is 0.133. The minimum absolute atomic E-state index is 0.0148. The first kappa shape index (κ1) is 14.5. The lowest BCUT2D eigenvalue weighted by Crippen LogP contribution is -2.24. The molecule has 5 heteroatoms. The van der Waals surface area contributed by atoms with Crippen molar-refractivity contribution in [3.63, 3.8) is 0 Å². The summed E-state index contributed by atoms with van der Waals surface area (Å²) in [6.45, 7) is 2.19. The smallest absolute Gasteiger partial charge is 0.254 e. The quantitative estimate of drug-likeness (QED) is 0.844. The molecular weight excluding hydrogens is 323 g/mol. The molecule has 0 aliphatic rings. The lowest BCUT2D eigenvalue weighted by Gasteiger charge is -2.10. The molecule has 3 N–H and O–H groups in total. The first-order valence-electron chi connectivity index (χ1n) is 6.07. The maximum atomic E-state index is 13.8. The molecule has 20 heavy (non-hydrogen) atoms. The summed E-state index contributed by atoms with van der Waals surface area (Å²) in [4.78, 5) is 12.0. The predicted octanol–water partition coefficient (Wildman–Crippen LogP) is 3.41. The largest absolute Gasteiger partial charge is 0.399 e. The topological polar surface area (TPSA) is 55.1 Å². The van der Waals surface area contributed by atoms with Crippen LogP contribution in [0.25, 0.3) is 0 Å². The van der Waals surface area contributed by atoms with Crippen LogP contribution in [-0.4, -0.2) is 5.91 Å². The zero-order valence-electron chi connectivity index (χ0n) is 10.9. The summed E-state index contributed by atoms with van der Waals surface area (Å²) in [7, 11) is 0. The first-order valence-corrected chi connectivity index (χ1v) is 6.86. The average Bonchev–Trinajstić information content (AvgIpc) is 2.43. The van der Waals surface area contributed by atoms with Crippen LogP contribution in [0.5, 0.6) is 0 Å². The van der Waals surface area contributed by atoms with Gasteiger partial charge >= 0.3 is 0 Å². The van der Waals surface area contributed by atoms with Gasteiger partial charge in [-0.1, -0.05) is 18.2 Å². The van der Waals surface area contributed by atoms with Gasteiger partial charge in [0.1, 0.15) is 5.82 Å². The molecule has 0 bridgehead atoms. The van der Waals surface area contributed by atoms with Gasteiger partial charge in [0.15, 0.2) is 0 Å². The minimum Gasteiger partial charge on any atom is -0.399 e. The highest BCUT2D eigenvalue weighted by Gasteiger charge is 2.13. The molecule has 0 unspecified atom stereocenters. The van der Waals surface area contributed by atoms with Crippen molar-refractivity contribution in [2.24, 2.45) is 0 Å². The van der Waals surface area contributed by atoms with Crippen LogP contribution in [0.15, 0.2) is 40.9 Å². The Morgan fingerprint density at radius 3 is 2.75 bits per heavy atom. The number of rotatable bonds is 3. The highest BCUT2D eigenvalue weighted by atomic mass is 79.9. The second-order valence-electron chi connectivity index (χ2n) is 4.42. The Morgan fingerprint density at radius 1 is 1.30 bits per heavy atom. The molecule has 0 aromatic heterocycles. The van der Waals surface area contributed by atoms with Crippen LogP contribution >= 0.6 is 15.9 Å². The van der Waals surface area contributed by atoms with Gasteiger partial charge in [0.05, 0.1) is 10.0 Å². The van der Waals surface area contributed by atoms with Crippen LogP contribution in [0.3, 0.4) is 0 Å². The summed E-state index contributed by atoms with van der Waals surface area (Å²) >= 11 is 3.06. The van der Waals surface area contributed by atoms with Crippen molar-refractivity contribution in [3.05, 3.63) is 63.4 Å². The monoisotopic (exact) mass is 336 g/mol. The van der Waals surface area contributed by atoms with Gasteiger partial charge in [-0.05, 0) is 52.2 Å². The van der Waals surface area contributed by atoms with Gasteiger partial charge in [0, 0.05) is 12.2 Å². The first-order chi connectivity index (χ1) is 9.50. The molecule has 0 atom stereocenters. The molecule has 2 aromatic rings. The van der Waals surface area contributed by atoms with Crippen molar-refractivity contribution in [2.45, 2.75) is 13.5 Å². The van der Waals surface area contributed by atoms with Gasteiger partial charge in [0.25, 0.3) is 5.91 Å². The highest BCUT2D eigenvalue weighted by molar-refractivity contribution is 9.10. The fourth-order valence-corrected chi connectivity index (χ4v) is 2.21. The van der Waals surface area contributed by atoms with Gasteiger partial charge < -0.3 is 11.1 Å². The summed E-state index contributed by atoms with van der Waals surface area (Å²) in [6.07, 6.45) is 0. The molecule has 0 aliphatic carbocycles. The summed E-state index contributed by atoms with van der Waals surface area (Å²) in [6, 6.07) is 10.1. The number of carbonyl (C=O) groups excluding carboxylic acids is 1. The Balaban J connectivity index is 2.13. The van der Waals surface area contributed by atoms with Crippen molar-refractivity contribution >= 4 is 27.5 Å². The summed E-state index contributed by atoms with van der Waals surface area (Å²) in [5, 5.41) is 2.70. The maximum absolute atomic E-state index is 13.8. The highest BCUT2D eigenvalue weighted by Crippen LogP contribution is 2.19. The van der Waals surface area contributed by atoms with Crippen LogP contribution in [0.1, 0.15) is 21.5 Å². The van der Waals surface area contributed by atoms with E-state index in [1.807, 2.05) is 19.1 Å². The second-order valence-corrected chi connectivity index (χ2v) is 5.27. The average molecular weight is 337 g/mol. The zero-order chi connectivity index (χ0) is 14.7. The third-order valence-corrected chi connectivity index (χ3v) is 3.74. The molecule has 0 radical (unpaired) electrons. The number of anilines is 1. The summed E-state index contributed by atoms with van der Waals surface area (Å²) < 4.78 is 14.1. The Bertz CT molecular complexity index is 658. The molecule has 1 amide bonds. The van der Waals surface area contributed by atoms with E-state index in [4.69, 9.17) is 5.73 Å². The van der Waals surface area contributed by atoms with E-state index in [-0.39, 0.29) is 10.0 Å². The number of hydrogen-bond acceptors (Lipinski definition) is 2. The van der Waals surface area contributed by atoms with Gasteiger partial charge in [-0.15, -0.1) is 0 Å². The third-order valence-electron chi connectivity index (χ3n) is 3.12. The SMILES string of the molecule is Cc1c(N)cccc1CNC(=O)c1cccc(Br)c1F. The number of nitrogen functional groups attached to an aromatic ring is 1. The minimum atomic E-state index is -0.561. The van der Waals surface area contributed by atoms with E-state index in [1.54, 1.807) is 18.2 Å². The van der Waals surface area contributed by atoms with E-state index in [0.717, 1.165) is 11.1 Å². The molecule has 0 aliphatic heterocycles. The van der Waals surface area contributed by atoms with Crippen LogP contribution in [0.4, 0.5) is 10.1 Å². The number of carbonyl (C=O) groups is 1. The van der Waals surface area contributed by atoms with Crippen LogP contribution < -0.4 is 11.1 Å². The van der Waals surface area contributed by atoms with Crippen LogP contribution in [-0.2, 0) is 6.54 Å². The van der Waals surface area contributed by atoms with Gasteiger partial charge in [-0.25, -0.2) is 4.39 Å². The molecule has 0 saturated carbocycles. The number of hydrogen-bond donors (Lipinski definition) is 2. The number of halogens is 2. The Hall–Kier alpha value is -1.88. The lowest BCUT2D eigenvalue weighted by atomic mass is 10.1. The number of benzene rings is 2. The Labute approximate surface area is 125 Å². The second kappa shape index (κ2) is 6.05. The maximum Gasteiger partial charge on any atom is 0.254 e. The summed E-state index contributed by atoms with van der Waals surface area (Å²) in [5.74, 6) is -1.01. The lowest BCUT2D eigenvalue weighted by molar-refractivity contribution is 0.0946. The van der Waals surface area contributed by atoms with Crippen molar-refractivity contribution in [2.75, 3.05) is 5.73 Å². The van der Waals surface area contributed by atoms with E-state index in [1.165, 1.54) is 6.07 Å². The van der Waals surface area contributed by atoms with Crippen molar-refractivity contribution in [3.8, 4) is 0 Å². The molecule has 3 nitrogen and oxygen atoms in total. The Morgan fingerprint density at radius 2 is 2.00 bits per heavy atom. The molecule has 0 fully saturated rings. The third kappa shape index (κ3) is 2.99. The molecule has 0 spiro atoms. The standard InChI is InChI=1S/C15H14BrFN2O/c1-9-10(4-2-7-13(9)18)8-19-15(20)11-5-3-6-12(16)14(11)17/h2-7H,8,18H2,1H3,(H,19,20). The molecule has 104 valence electrons. The number of nitrogens with two attached hydrogens (primary N) is 1. The molecular formula is C15H14BrFN2O. The van der Waals surface area contributed by atoms with E-state index < -0.39 is 11.7 Å². The summed E-state index contributed by atoms with van der Waals surface area (Å²) in [5.41, 5.74) is 8.32.